The number of ether oxygens (including phenoxy) is 1. The largest absolute Gasteiger partial charge is 0.494 e. The number of amides is 1. The second-order valence-corrected chi connectivity index (χ2v) is 8.66. The molecule has 1 aromatic carbocycles. The molecule has 1 fully saturated rings. The van der Waals surface area contributed by atoms with Gasteiger partial charge in [0.2, 0.25) is 5.91 Å². The van der Waals surface area contributed by atoms with Crippen LogP contribution < -0.4 is 20.3 Å². The Labute approximate surface area is 215 Å². The van der Waals surface area contributed by atoms with Crippen LogP contribution in [0.1, 0.15) is 36.8 Å². The highest BCUT2D eigenvalue weighted by molar-refractivity contribution is 7.80. The van der Waals surface area contributed by atoms with Gasteiger partial charge in [-0.3, -0.25) is 9.78 Å². The molecule has 0 radical (unpaired) electrons. The first-order valence-electron chi connectivity index (χ1n) is 11.7. The first-order valence-corrected chi connectivity index (χ1v) is 12.1. The van der Waals surface area contributed by atoms with Crippen LogP contribution in [0, 0.1) is 0 Å². The molecule has 0 aliphatic carbocycles. The van der Waals surface area contributed by atoms with Crippen LogP contribution in [-0.2, 0) is 4.79 Å². The Morgan fingerprint density at radius 3 is 2.58 bits per heavy atom. The van der Waals surface area contributed by atoms with Gasteiger partial charge in [0.1, 0.15) is 17.6 Å². The van der Waals surface area contributed by atoms with Crippen LogP contribution in [-0.4, -0.2) is 32.7 Å². The Balaban J connectivity index is 1.62. The molecule has 3 aromatic heterocycles. The molecule has 2 N–H and O–H groups in total. The van der Waals surface area contributed by atoms with Gasteiger partial charge < -0.3 is 24.8 Å². The molecule has 4 aromatic rings. The maximum atomic E-state index is 12.0. The summed E-state index contributed by atoms with van der Waals surface area (Å²) in [6.45, 7) is 1.81. The lowest BCUT2D eigenvalue weighted by Crippen LogP contribution is -2.30. The molecule has 4 heterocycles. The summed E-state index contributed by atoms with van der Waals surface area (Å²) in [4.78, 5) is 23.3. The van der Waals surface area contributed by atoms with Crippen LogP contribution in [0.5, 0.6) is 5.75 Å². The van der Waals surface area contributed by atoms with Gasteiger partial charge >= 0.3 is 0 Å². The van der Waals surface area contributed by atoms with Crippen LogP contribution in [0.4, 0.5) is 11.4 Å². The summed E-state index contributed by atoms with van der Waals surface area (Å²) in [6.07, 6.45) is 5.94. The lowest BCUT2D eigenvalue weighted by atomic mass is 10.0. The standard InChI is InChI=1S/C27H26N6O2S/c1-3-24(34)30-19-13-12-18(17-22(19)35-2)33-26(25(31-27(33)36)20-9-4-6-14-28-20)21-10-8-16-32(21)23-11-5-7-15-29-23/h4-17,25-26H,3H2,1-2H3,(H,30,34)(H,31,36). The molecule has 2 unspecified atom stereocenters. The zero-order valence-electron chi connectivity index (χ0n) is 20.0. The van der Waals surface area contributed by atoms with Gasteiger partial charge in [-0.2, -0.15) is 0 Å². The Bertz CT molecular complexity index is 1380. The first-order chi connectivity index (χ1) is 17.6. The second-order valence-electron chi connectivity index (χ2n) is 8.27. The van der Waals surface area contributed by atoms with E-state index in [1.165, 1.54) is 0 Å². The summed E-state index contributed by atoms with van der Waals surface area (Å²) in [5.74, 6) is 1.28. The topological polar surface area (TPSA) is 84.3 Å². The van der Waals surface area contributed by atoms with Crippen molar-refractivity contribution in [2.24, 2.45) is 0 Å². The van der Waals surface area contributed by atoms with Gasteiger partial charge in [0.25, 0.3) is 0 Å². The van der Waals surface area contributed by atoms with Gasteiger partial charge in [0.05, 0.1) is 24.5 Å². The van der Waals surface area contributed by atoms with Gasteiger partial charge in [-0.05, 0) is 60.7 Å². The van der Waals surface area contributed by atoms with Crippen molar-refractivity contribution in [3.8, 4) is 11.6 Å². The molecule has 1 amide bonds. The fraction of sp³-hybridized carbons (Fsp3) is 0.185. The van der Waals surface area contributed by atoms with E-state index in [4.69, 9.17) is 17.0 Å². The molecule has 1 saturated heterocycles. The first kappa shape index (κ1) is 23.5. The molecule has 182 valence electrons. The second kappa shape index (κ2) is 10.2. The van der Waals surface area contributed by atoms with E-state index in [1.807, 2.05) is 73.8 Å². The van der Waals surface area contributed by atoms with Crippen molar-refractivity contribution in [1.29, 1.82) is 0 Å². The zero-order chi connectivity index (χ0) is 25.1. The maximum Gasteiger partial charge on any atom is 0.224 e. The highest BCUT2D eigenvalue weighted by Crippen LogP contribution is 2.43. The Morgan fingerprint density at radius 1 is 1.08 bits per heavy atom. The maximum absolute atomic E-state index is 12.0. The smallest absolute Gasteiger partial charge is 0.224 e. The van der Waals surface area contributed by atoms with Crippen molar-refractivity contribution in [3.05, 3.63) is 96.7 Å². The third-order valence-corrected chi connectivity index (χ3v) is 6.45. The average molecular weight is 499 g/mol. The van der Waals surface area contributed by atoms with E-state index < -0.39 is 0 Å². The number of carbonyl (C=O) groups excluding carboxylic acids is 1. The van der Waals surface area contributed by atoms with Crippen molar-refractivity contribution in [2.45, 2.75) is 25.4 Å². The summed E-state index contributed by atoms with van der Waals surface area (Å²) in [5.41, 5.74) is 3.32. The minimum absolute atomic E-state index is 0.0827. The van der Waals surface area contributed by atoms with Gasteiger partial charge in [0, 0.05) is 42.5 Å². The van der Waals surface area contributed by atoms with E-state index in [-0.39, 0.29) is 18.0 Å². The molecule has 1 aliphatic heterocycles. The third kappa shape index (κ3) is 4.40. The van der Waals surface area contributed by atoms with Crippen molar-refractivity contribution < 1.29 is 9.53 Å². The van der Waals surface area contributed by atoms with Gasteiger partial charge in [-0.1, -0.05) is 19.1 Å². The number of aromatic nitrogens is 3. The Hall–Kier alpha value is -4.24. The molecular weight excluding hydrogens is 472 g/mol. The number of carbonyl (C=O) groups is 1. The average Bonchev–Trinajstić information content (AvgIpc) is 3.54. The molecule has 0 spiro atoms. The van der Waals surface area contributed by atoms with Crippen LogP contribution in [0.25, 0.3) is 5.82 Å². The number of rotatable bonds is 7. The number of benzene rings is 1. The summed E-state index contributed by atoms with van der Waals surface area (Å²) in [7, 11) is 1.58. The van der Waals surface area contributed by atoms with E-state index in [1.54, 1.807) is 19.5 Å². The molecule has 0 saturated carbocycles. The molecule has 9 heteroatoms. The van der Waals surface area contributed by atoms with Gasteiger partial charge in [-0.15, -0.1) is 0 Å². The molecule has 5 rings (SSSR count). The molecular formula is C27H26N6O2S. The number of thiocarbonyl (C=S) groups is 1. The zero-order valence-corrected chi connectivity index (χ0v) is 20.8. The summed E-state index contributed by atoms with van der Waals surface area (Å²) >= 11 is 5.86. The van der Waals surface area contributed by atoms with E-state index >= 15 is 0 Å². The Kier molecular flexibility index (Phi) is 6.64. The number of hydrogen-bond acceptors (Lipinski definition) is 5. The van der Waals surface area contributed by atoms with E-state index in [0.29, 0.717) is 23.0 Å². The van der Waals surface area contributed by atoms with Crippen molar-refractivity contribution in [1.82, 2.24) is 19.9 Å². The SMILES string of the molecule is CCC(=O)Nc1ccc(N2C(=S)NC(c3ccccn3)C2c2cccn2-c2ccccn2)cc1OC. The van der Waals surface area contributed by atoms with E-state index in [9.17, 15) is 4.79 Å². The van der Waals surface area contributed by atoms with Crippen LogP contribution in [0.3, 0.4) is 0 Å². The van der Waals surface area contributed by atoms with Crippen molar-refractivity contribution in [2.75, 3.05) is 17.3 Å². The van der Waals surface area contributed by atoms with Crippen LogP contribution in [0.15, 0.2) is 85.3 Å². The predicted octanol–water partition coefficient (Wildman–Crippen LogP) is 4.80. The lowest BCUT2D eigenvalue weighted by molar-refractivity contribution is -0.115. The minimum atomic E-state index is -0.231. The summed E-state index contributed by atoms with van der Waals surface area (Å²) in [6, 6.07) is 21.0. The fourth-order valence-electron chi connectivity index (χ4n) is 4.45. The minimum Gasteiger partial charge on any atom is -0.494 e. The Morgan fingerprint density at radius 2 is 1.89 bits per heavy atom. The number of nitrogens with zero attached hydrogens (tertiary/aromatic N) is 4. The van der Waals surface area contributed by atoms with E-state index in [0.717, 1.165) is 22.9 Å². The normalized spacial score (nSPS) is 17.1. The van der Waals surface area contributed by atoms with Crippen LogP contribution in [0.2, 0.25) is 0 Å². The van der Waals surface area contributed by atoms with E-state index in [2.05, 4.69) is 36.1 Å². The quantitative estimate of drug-likeness (QED) is 0.354. The molecule has 2 atom stereocenters. The van der Waals surface area contributed by atoms with Gasteiger partial charge in [-0.25, -0.2) is 4.98 Å². The number of nitrogens with one attached hydrogen (secondary N) is 2. The number of anilines is 2. The number of hydrogen-bond donors (Lipinski definition) is 2. The highest BCUT2D eigenvalue weighted by atomic mass is 32.1. The van der Waals surface area contributed by atoms with Crippen molar-refractivity contribution >= 4 is 34.6 Å². The monoisotopic (exact) mass is 498 g/mol. The predicted molar refractivity (Wildman–Crippen MR) is 143 cm³/mol. The molecule has 8 nitrogen and oxygen atoms in total. The fourth-order valence-corrected chi connectivity index (χ4v) is 4.79. The highest BCUT2D eigenvalue weighted by Gasteiger charge is 2.42. The molecule has 36 heavy (non-hydrogen) atoms. The number of pyridine rings is 2. The summed E-state index contributed by atoms with van der Waals surface area (Å²) < 4.78 is 7.69. The molecule has 0 bridgehead atoms. The van der Waals surface area contributed by atoms with Gasteiger partial charge in [0.15, 0.2) is 5.11 Å². The molecule has 1 aliphatic rings. The van der Waals surface area contributed by atoms with Crippen molar-refractivity contribution in [3.63, 3.8) is 0 Å². The van der Waals surface area contributed by atoms with Crippen LogP contribution >= 0.6 is 12.2 Å². The number of methoxy groups -OCH3 is 1. The summed E-state index contributed by atoms with van der Waals surface area (Å²) in [5, 5.41) is 6.94. The lowest BCUT2D eigenvalue weighted by Gasteiger charge is -2.29. The third-order valence-electron chi connectivity index (χ3n) is 6.14.